The predicted octanol–water partition coefficient (Wildman–Crippen LogP) is 1.67. The SMILES string of the molecule is COc1ccccc1COCC(O)CN1CCN(CC2CCCCN2C)CC1. The first-order chi connectivity index (χ1) is 13.7. The average Bonchev–Trinajstić information content (AvgIpc) is 2.71. The van der Waals surface area contributed by atoms with Crippen LogP contribution in [0.15, 0.2) is 24.3 Å². The van der Waals surface area contributed by atoms with Gasteiger partial charge in [-0.05, 0) is 32.5 Å². The number of benzene rings is 1. The average molecular weight is 392 g/mol. The molecule has 2 aliphatic heterocycles. The Balaban J connectivity index is 1.32. The van der Waals surface area contributed by atoms with Gasteiger partial charge in [0.25, 0.3) is 0 Å². The number of nitrogens with zero attached hydrogens (tertiary/aromatic N) is 3. The molecule has 0 spiro atoms. The molecule has 28 heavy (non-hydrogen) atoms. The molecule has 2 fully saturated rings. The minimum Gasteiger partial charge on any atom is -0.496 e. The summed E-state index contributed by atoms with van der Waals surface area (Å²) in [5.41, 5.74) is 1.01. The third kappa shape index (κ3) is 6.42. The van der Waals surface area contributed by atoms with Crippen molar-refractivity contribution in [3.63, 3.8) is 0 Å². The Hall–Kier alpha value is -1.18. The van der Waals surface area contributed by atoms with Crippen LogP contribution in [-0.4, -0.2) is 98.5 Å². The van der Waals surface area contributed by atoms with E-state index in [-0.39, 0.29) is 0 Å². The number of aliphatic hydroxyl groups excluding tert-OH is 1. The summed E-state index contributed by atoms with van der Waals surface area (Å²) in [5, 5.41) is 10.3. The van der Waals surface area contributed by atoms with Crippen molar-refractivity contribution in [2.24, 2.45) is 0 Å². The van der Waals surface area contributed by atoms with Gasteiger partial charge >= 0.3 is 0 Å². The fourth-order valence-electron chi connectivity index (χ4n) is 4.31. The Morgan fingerprint density at radius 2 is 1.82 bits per heavy atom. The van der Waals surface area contributed by atoms with Gasteiger partial charge in [-0.1, -0.05) is 24.6 Å². The van der Waals surface area contributed by atoms with E-state index in [0.29, 0.717) is 25.8 Å². The topological polar surface area (TPSA) is 48.4 Å². The Morgan fingerprint density at radius 3 is 2.57 bits per heavy atom. The lowest BCUT2D eigenvalue weighted by Gasteiger charge is -2.40. The van der Waals surface area contributed by atoms with Gasteiger partial charge in [-0.3, -0.25) is 9.80 Å². The minimum absolute atomic E-state index is 0.352. The quantitative estimate of drug-likeness (QED) is 0.691. The van der Waals surface area contributed by atoms with Crippen molar-refractivity contribution in [3.8, 4) is 5.75 Å². The first-order valence-corrected chi connectivity index (χ1v) is 10.7. The summed E-state index contributed by atoms with van der Waals surface area (Å²) in [6.45, 7) is 8.18. The highest BCUT2D eigenvalue weighted by atomic mass is 16.5. The molecular formula is C22H37N3O3. The number of aliphatic hydroxyl groups is 1. The summed E-state index contributed by atoms with van der Waals surface area (Å²) in [7, 11) is 3.93. The molecule has 2 atom stereocenters. The molecule has 1 N–H and O–H groups in total. The third-order valence-corrected chi connectivity index (χ3v) is 6.08. The van der Waals surface area contributed by atoms with Gasteiger partial charge < -0.3 is 19.5 Å². The number of rotatable bonds is 9. The summed E-state index contributed by atoms with van der Waals surface area (Å²) < 4.78 is 11.1. The van der Waals surface area contributed by atoms with Gasteiger partial charge in [0.05, 0.1) is 26.4 Å². The van der Waals surface area contributed by atoms with E-state index in [1.165, 1.54) is 32.4 Å². The second kappa shape index (κ2) is 11.1. The number of β-amino-alcohol motifs (C(OH)–C–C–N with tert-alkyl or cyclic N) is 1. The largest absolute Gasteiger partial charge is 0.496 e. The zero-order valence-electron chi connectivity index (χ0n) is 17.6. The number of hydrogen-bond acceptors (Lipinski definition) is 6. The fraction of sp³-hybridized carbons (Fsp3) is 0.727. The highest BCUT2D eigenvalue weighted by Crippen LogP contribution is 2.18. The van der Waals surface area contributed by atoms with E-state index in [1.54, 1.807) is 7.11 Å². The molecule has 2 unspecified atom stereocenters. The predicted molar refractivity (Wildman–Crippen MR) is 112 cm³/mol. The molecule has 0 amide bonds. The van der Waals surface area contributed by atoms with Crippen LogP contribution in [0.5, 0.6) is 5.75 Å². The number of piperazine rings is 1. The zero-order chi connectivity index (χ0) is 19.8. The Bertz CT molecular complexity index is 578. The lowest BCUT2D eigenvalue weighted by atomic mass is 10.0. The first kappa shape index (κ1) is 21.5. The van der Waals surface area contributed by atoms with E-state index in [9.17, 15) is 5.11 Å². The first-order valence-electron chi connectivity index (χ1n) is 10.7. The smallest absolute Gasteiger partial charge is 0.124 e. The van der Waals surface area contributed by atoms with Gasteiger partial charge in [0.1, 0.15) is 5.75 Å². The van der Waals surface area contributed by atoms with Crippen LogP contribution in [0, 0.1) is 0 Å². The summed E-state index contributed by atoms with van der Waals surface area (Å²) in [6.07, 6.45) is 3.60. The number of methoxy groups -OCH3 is 1. The van der Waals surface area contributed by atoms with Crippen molar-refractivity contribution in [2.45, 2.75) is 38.0 Å². The monoisotopic (exact) mass is 391 g/mol. The van der Waals surface area contributed by atoms with Crippen molar-refractivity contribution in [1.29, 1.82) is 0 Å². The maximum atomic E-state index is 10.3. The van der Waals surface area contributed by atoms with Gasteiger partial charge in [0.2, 0.25) is 0 Å². The van der Waals surface area contributed by atoms with Crippen molar-refractivity contribution >= 4 is 0 Å². The second-order valence-electron chi connectivity index (χ2n) is 8.21. The lowest BCUT2D eigenvalue weighted by Crippen LogP contribution is -2.53. The zero-order valence-corrected chi connectivity index (χ0v) is 17.6. The number of piperidine rings is 1. The van der Waals surface area contributed by atoms with E-state index in [1.807, 2.05) is 24.3 Å². The Labute approximate surface area is 170 Å². The molecule has 6 nitrogen and oxygen atoms in total. The van der Waals surface area contributed by atoms with E-state index in [2.05, 4.69) is 21.7 Å². The highest BCUT2D eigenvalue weighted by Gasteiger charge is 2.25. The van der Waals surface area contributed by atoms with Crippen molar-refractivity contribution in [1.82, 2.24) is 14.7 Å². The molecule has 0 aromatic heterocycles. The van der Waals surface area contributed by atoms with Crippen LogP contribution in [0.2, 0.25) is 0 Å². The molecule has 158 valence electrons. The number of ether oxygens (including phenoxy) is 2. The van der Waals surface area contributed by atoms with Crippen LogP contribution in [0.4, 0.5) is 0 Å². The summed E-state index contributed by atoms with van der Waals surface area (Å²) >= 11 is 0. The van der Waals surface area contributed by atoms with E-state index in [4.69, 9.17) is 9.47 Å². The van der Waals surface area contributed by atoms with Crippen LogP contribution in [0.25, 0.3) is 0 Å². The van der Waals surface area contributed by atoms with Crippen LogP contribution in [0.3, 0.4) is 0 Å². The van der Waals surface area contributed by atoms with Gasteiger partial charge in [0.15, 0.2) is 0 Å². The molecule has 1 aromatic rings. The molecule has 2 aliphatic rings. The van der Waals surface area contributed by atoms with Gasteiger partial charge in [-0.2, -0.15) is 0 Å². The van der Waals surface area contributed by atoms with Crippen molar-refractivity contribution in [3.05, 3.63) is 29.8 Å². The van der Waals surface area contributed by atoms with Crippen molar-refractivity contribution in [2.75, 3.05) is 66.6 Å². The third-order valence-electron chi connectivity index (χ3n) is 6.08. The van der Waals surface area contributed by atoms with Gasteiger partial charge in [-0.25, -0.2) is 0 Å². The van der Waals surface area contributed by atoms with E-state index < -0.39 is 6.10 Å². The van der Waals surface area contributed by atoms with Crippen LogP contribution < -0.4 is 4.74 Å². The minimum atomic E-state index is -0.453. The van der Waals surface area contributed by atoms with Crippen LogP contribution >= 0.6 is 0 Å². The fourth-order valence-corrected chi connectivity index (χ4v) is 4.31. The molecule has 0 saturated carbocycles. The number of likely N-dealkylation sites (N-methyl/N-ethyl adjacent to an activating group) is 1. The summed E-state index contributed by atoms with van der Waals surface area (Å²) in [6, 6.07) is 8.56. The maximum absolute atomic E-state index is 10.3. The Kier molecular flexibility index (Phi) is 8.55. The molecule has 0 radical (unpaired) electrons. The molecule has 6 heteroatoms. The van der Waals surface area contributed by atoms with E-state index in [0.717, 1.165) is 37.5 Å². The molecule has 0 aliphatic carbocycles. The number of para-hydroxylation sites is 1. The molecular weight excluding hydrogens is 354 g/mol. The van der Waals surface area contributed by atoms with Crippen LogP contribution in [0.1, 0.15) is 24.8 Å². The van der Waals surface area contributed by atoms with Gasteiger partial charge in [0, 0.05) is 50.9 Å². The lowest BCUT2D eigenvalue weighted by molar-refractivity contribution is -0.00126. The second-order valence-corrected chi connectivity index (χ2v) is 8.21. The number of hydrogen-bond donors (Lipinski definition) is 1. The van der Waals surface area contributed by atoms with Crippen molar-refractivity contribution < 1.29 is 14.6 Å². The normalized spacial score (nSPS) is 23.6. The molecule has 2 saturated heterocycles. The van der Waals surface area contributed by atoms with Gasteiger partial charge in [-0.15, -0.1) is 0 Å². The molecule has 1 aromatic carbocycles. The molecule has 0 bridgehead atoms. The summed E-state index contributed by atoms with van der Waals surface area (Å²) in [5.74, 6) is 0.830. The van der Waals surface area contributed by atoms with Crippen LogP contribution in [-0.2, 0) is 11.3 Å². The number of likely N-dealkylation sites (tertiary alicyclic amines) is 1. The standard InChI is InChI=1S/C22H37N3O3/c1-23-10-6-5-8-20(23)15-24-11-13-25(14-12-24)16-21(26)18-28-17-19-7-3-4-9-22(19)27-2/h3-4,7,9,20-21,26H,5-6,8,10-18H2,1-2H3. The summed E-state index contributed by atoms with van der Waals surface area (Å²) in [4.78, 5) is 7.48. The maximum Gasteiger partial charge on any atom is 0.124 e. The highest BCUT2D eigenvalue weighted by molar-refractivity contribution is 5.32. The Morgan fingerprint density at radius 1 is 1.07 bits per heavy atom. The molecule has 2 heterocycles. The van der Waals surface area contributed by atoms with E-state index >= 15 is 0 Å². The molecule has 3 rings (SSSR count).